The zero-order valence-electron chi connectivity index (χ0n) is 33.2. The van der Waals surface area contributed by atoms with Crippen molar-refractivity contribution in [1.29, 1.82) is 0 Å². The number of phenols is 2. The second kappa shape index (κ2) is 17.2. The molecule has 0 radical (unpaired) electrons. The van der Waals surface area contributed by atoms with Crippen LogP contribution in [-0.4, -0.2) is 10.2 Å². The fraction of sp³-hybridized carbons (Fsp3) is 0.0833. The number of nitrogens with zero attached hydrogens (tertiary/aromatic N) is 10. The lowest BCUT2D eigenvalue weighted by Gasteiger charge is -2.06. The summed E-state index contributed by atoms with van der Waals surface area (Å²) < 4.78 is 0. The van der Waals surface area contributed by atoms with Crippen molar-refractivity contribution in [1.82, 2.24) is 0 Å². The van der Waals surface area contributed by atoms with Crippen molar-refractivity contribution in [3.8, 4) is 11.5 Å². The van der Waals surface area contributed by atoms with Gasteiger partial charge in [-0.05, 0) is 146 Å². The van der Waals surface area contributed by atoms with E-state index in [1.165, 1.54) is 0 Å². The van der Waals surface area contributed by atoms with Crippen LogP contribution in [0.4, 0.5) is 56.9 Å². The van der Waals surface area contributed by atoms with Crippen LogP contribution < -0.4 is 0 Å². The molecule has 292 valence electrons. The largest absolute Gasteiger partial charge is 0.506 e. The van der Waals surface area contributed by atoms with E-state index in [0.29, 0.717) is 56.9 Å². The first-order valence-corrected chi connectivity index (χ1v) is 19.1. The van der Waals surface area contributed by atoms with Gasteiger partial charge in [0.1, 0.15) is 22.9 Å². The summed E-state index contributed by atoms with van der Waals surface area (Å²) in [5.41, 5.74) is 9.85. The van der Waals surface area contributed by atoms with Gasteiger partial charge in [-0.1, -0.05) is 60.7 Å². The van der Waals surface area contributed by atoms with Crippen molar-refractivity contribution in [2.45, 2.75) is 27.7 Å². The molecule has 0 aromatic heterocycles. The number of benzene rings is 8. The summed E-state index contributed by atoms with van der Waals surface area (Å²) in [6, 6.07) is 44.7. The third-order valence-corrected chi connectivity index (χ3v) is 9.83. The van der Waals surface area contributed by atoms with E-state index in [-0.39, 0.29) is 11.5 Å². The molecule has 0 heterocycles. The smallest absolute Gasteiger partial charge is 0.143 e. The predicted molar refractivity (Wildman–Crippen MR) is 237 cm³/mol. The lowest BCUT2D eigenvalue weighted by molar-refractivity contribution is 0.476. The first-order valence-electron chi connectivity index (χ1n) is 19.1. The molecule has 12 nitrogen and oxygen atoms in total. The SMILES string of the molecule is Cc1cc(N=Nc2c(O)ccc3ccccc23)c(C)cc1N=Nc1ccc(/N=N/c2ccc(N=Nc3cc(C)c(N=Nc4c(O)ccc5ccccc45)cc3C)cc2)cc1. The molecular formula is C48H38N10O2. The Balaban J connectivity index is 0.879. The van der Waals surface area contributed by atoms with Crippen molar-refractivity contribution in [2.24, 2.45) is 51.1 Å². The van der Waals surface area contributed by atoms with Crippen LogP contribution in [0.15, 0.2) is 197 Å². The minimum atomic E-state index is 0.0753. The van der Waals surface area contributed by atoms with Gasteiger partial charge >= 0.3 is 0 Å². The summed E-state index contributed by atoms with van der Waals surface area (Å²) in [5.74, 6) is 0.151. The fourth-order valence-corrected chi connectivity index (χ4v) is 6.42. The Morgan fingerprint density at radius 3 is 0.917 bits per heavy atom. The molecule has 2 N–H and O–H groups in total. The van der Waals surface area contributed by atoms with Crippen LogP contribution in [0.25, 0.3) is 21.5 Å². The molecule has 8 rings (SSSR count). The summed E-state index contributed by atoms with van der Waals surface area (Å²) in [5, 5.41) is 68.8. The van der Waals surface area contributed by atoms with Gasteiger partial charge in [-0.2, -0.15) is 40.9 Å². The maximum absolute atomic E-state index is 10.5. The van der Waals surface area contributed by atoms with E-state index in [2.05, 4.69) is 51.1 Å². The number of aromatic hydroxyl groups is 2. The Bertz CT molecular complexity index is 2840. The molecule has 0 aliphatic heterocycles. The van der Waals surface area contributed by atoms with Gasteiger partial charge < -0.3 is 10.2 Å². The molecule has 12 heteroatoms. The molecule has 0 amide bonds. The number of aryl methyl sites for hydroxylation is 4. The van der Waals surface area contributed by atoms with Crippen LogP contribution in [0, 0.1) is 27.7 Å². The summed E-state index contributed by atoms with van der Waals surface area (Å²) >= 11 is 0. The van der Waals surface area contributed by atoms with E-state index >= 15 is 0 Å². The van der Waals surface area contributed by atoms with Gasteiger partial charge in [0, 0.05) is 10.8 Å². The molecular weight excluding hydrogens is 749 g/mol. The second-order valence-corrected chi connectivity index (χ2v) is 14.2. The highest BCUT2D eigenvalue weighted by molar-refractivity contribution is 5.96. The predicted octanol–water partition coefficient (Wildman–Crippen LogP) is 16.7. The highest BCUT2D eigenvalue weighted by atomic mass is 16.3. The van der Waals surface area contributed by atoms with Crippen LogP contribution in [0.1, 0.15) is 22.3 Å². The van der Waals surface area contributed by atoms with E-state index in [9.17, 15) is 10.2 Å². The third kappa shape index (κ3) is 8.72. The monoisotopic (exact) mass is 786 g/mol. The molecule has 0 saturated heterocycles. The molecule has 0 aliphatic rings. The van der Waals surface area contributed by atoms with Crippen molar-refractivity contribution in [3.05, 3.63) is 168 Å². The molecule has 0 aliphatic carbocycles. The molecule has 60 heavy (non-hydrogen) atoms. The van der Waals surface area contributed by atoms with Crippen LogP contribution in [0.2, 0.25) is 0 Å². The van der Waals surface area contributed by atoms with E-state index in [4.69, 9.17) is 0 Å². The van der Waals surface area contributed by atoms with Gasteiger partial charge in [0.2, 0.25) is 0 Å². The van der Waals surface area contributed by atoms with E-state index < -0.39 is 0 Å². The molecule has 0 spiro atoms. The Hall–Kier alpha value is -8.12. The Kier molecular flexibility index (Phi) is 11.1. The summed E-state index contributed by atoms with van der Waals surface area (Å²) in [6.45, 7) is 7.76. The Morgan fingerprint density at radius 2 is 0.583 bits per heavy atom. The molecule has 0 bridgehead atoms. The first-order chi connectivity index (χ1) is 29.2. The normalized spacial score (nSPS) is 12.1. The van der Waals surface area contributed by atoms with Gasteiger partial charge in [0.05, 0.1) is 45.5 Å². The second-order valence-electron chi connectivity index (χ2n) is 14.2. The minimum absolute atomic E-state index is 0.0753. The Morgan fingerprint density at radius 1 is 0.300 bits per heavy atom. The van der Waals surface area contributed by atoms with Gasteiger partial charge in [-0.25, -0.2) is 0 Å². The topological polar surface area (TPSA) is 164 Å². The number of hydrogen-bond donors (Lipinski definition) is 2. The molecule has 8 aromatic carbocycles. The van der Waals surface area contributed by atoms with Crippen molar-refractivity contribution < 1.29 is 10.2 Å². The molecule has 0 unspecified atom stereocenters. The molecule has 8 aromatic rings. The van der Waals surface area contributed by atoms with Crippen LogP contribution >= 0.6 is 0 Å². The lowest BCUT2D eigenvalue weighted by Crippen LogP contribution is -1.80. The number of rotatable bonds is 10. The Labute approximate surface area is 345 Å². The maximum atomic E-state index is 10.5. The summed E-state index contributed by atoms with van der Waals surface area (Å²) in [7, 11) is 0. The van der Waals surface area contributed by atoms with E-state index in [1.807, 2.05) is 161 Å². The summed E-state index contributed by atoms with van der Waals surface area (Å²) in [4.78, 5) is 0. The highest BCUT2D eigenvalue weighted by Gasteiger charge is 2.10. The van der Waals surface area contributed by atoms with Crippen LogP contribution in [0.5, 0.6) is 11.5 Å². The van der Waals surface area contributed by atoms with Gasteiger partial charge in [0.25, 0.3) is 0 Å². The number of phenolic OH excluding ortho intramolecular Hbond substituents is 2. The van der Waals surface area contributed by atoms with E-state index in [1.54, 1.807) is 12.1 Å². The number of hydrogen-bond acceptors (Lipinski definition) is 12. The standard InChI is InChI=1S/C48H38N10O2/c1-29-27-43(55-57-47-39-11-7-5-9-33(39)13-23-45(47)59)31(3)25-41(29)53-51-37-19-15-35(16-20-37)49-50-36-17-21-38(22-18-36)52-54-42-26-32(4)44(28-30(42)2)56-58-48-40-12-8-6-10-34(40)14-24-46(48)60/h5-28,59-60H,1-4H3/b50-49+,53-51?,54-52?,57-55?,58-56?. The van der Waals surface area contributed by atoms with Gasteiger partial charge in [-0.15, -0.1) is 10.2 Å². The first kappa shape index (κ1) is 38.7. The zero-order valence-corrected chi connectivity index (χ0v) is 33.2. The number of azo groups is 5. The lowest BCUT2D eigenvalue weighted by atomic mass is 10.1. The summed E-state index contributed by atoms with van der Waals surface area (Å²) in [6.07, 6.45) is 0. The van der Waals surface area contributed by atoms with Crippen molar-refractivity contribution in [2.75, 3.05) is 0 Å². The molecule has 0 saturated carbocycles. The van der Waals surface area contributed by atoms with Gasteiger partial charge in [0.15, 0.2) is 0 Å². The zero-order chi connectivity index (χ0) is 41.6. The maximum Gasteiger partial charge on any atom is 0.143 e. The quantitative estimate of drug-likeness (QED) is 0.132. The fourth-order valence-electron chi connectivity index (χ4n) is 6.42. The van der Waals surface area contributed by atoms with Crippen molar-refractivity contribution in [3.63, 3.8) is 0 Å². The average molecular weight is 787 g/mol. The highest BCUT2D eigenvalue weighted by Crippen LogP contribution is 2.39. The van der Waals surface area contributed by atoms with Crippen molar-refractivity contribution >= 4 is 78.4 Å². The molecule has 0 atom stereocenters. The van der Waals surface area contributed by atoms with Crippen LogP contribution in [-0.2, 0) is 0 Å². The third-order valence-electron chi connectivity index (χ3n) is 9.83. The number of fused-ring (bicyclic) bond motifs is 2. The molecule has 0 fully saturated rings. The average Bonchev–Trinajstić information content (AvgIpc) is 3.26. The van der Waals surface area contributed by atoms with Gasteiger partial charge in [-0.3, -0.25) is 0 Å². The minimum Gasteiger partial charge on any atom is -0.506 e. The van der Waals surface area contributed by atoms with Crippen LogP contribution in [0.3, 0.4) is 0 Å². The van der Waals surface area contributed by atoms with E-state index in [0.717, 1.165) is 43.8 Å².